The van der Waals surface area contributed by atoms with Gasteiger partial charge in [0.15, 0.2) is 5.78 Å². The average Bonchev–Trinajstić information content (AvgIpc) is 3.06. The molecular formula is C29H51NO3. The smallest absolute Gasteiger partial charge is 0.309 e. The number of rotatable bonds is 21. The third-order valence-corrected chi connectivity index (χ3v) is 7.04. The molecule has 1 N–H and O–H groups in total. The maximum absolute atomic E-state index is 13.0. The Kier molecular flexibility index (Phi) is 15.9. The number of ketones is 1. The highest BCUT2D eigenvalue weighted by molar-refractivity contribution is 5.99. The van der Waals surface area contributed by atoms with E-state index >= 15 is 0 Å². The Bertz CT molecular complexity index is 690. The zero-order valence-electron chi connectivity index (χ0n) is 22.1. The number of carbonyl (C=O) groups is 2. The molecule has 0 fully saturated rings. The zero-order valence-corrected chi connectivity index (χ0v) is 22.1. The van der Waals surface area contributed by atoms with E-state index in [0.717, 1.165) is 41.8 Å². The normalized spacial score (nSPS) is 11.3. The number of Topliss-reactive ketones (excluding diaryl/α,β-unsaturated/α-hetero) is 1. The molecule has 33 heavy (non-hydrogen) atoms. The summed E-state index contributed by atoms with van der Waals surface area (Å²) < 4.78 is 1.95. The van der Waals surface area contributed by atoms with Gasteiger partial charge in [0.25, 0.3) is 0 Å². The maximum atomic E-state index is 13.0. The highest BCUT2D eigenvalue weighted by atomic mass is 16.4. The molecule has 0 atom stereocenters. The van der Waals surface area contributed by atoms with Crippen molar-refractivity contribution in [3.05, 3.63) is 22.5 Å². The number of hydrogen-bond acceptors (Lipinski definition) is 2. The Balaban J connectivity index is 2.23. The summed E-state index contributed by atoms with van der Waals surface area (Å²) in [6.45, 7) is 6.34. The fourth-order valence-electron chi connectivity index (χ4n) is 5.13. The van der Waals surface area contributed by atoms with Crippen LogP contribution in [0.2, 0.25) is 0 Å². The van der Waals surface area contributed by atoms with Crippen LogP contribution in [0.4, 0.5) is 0 Å². The number of unbranched alkanes of at least 4 members (excludes halogenated alkanes) is 14. The predicted octanol–water partition coefficient (Wildman–Crippen LogP) is 8.22. The summed E-state index contributed by atoms with van der Waals surface area (Å²) >= 11 is 0. The van der Waals surface area contributed by atoms with Gasteiger partial charge in [0.2, 0.25) is 0 Å². The molecule has 0 amide bonds. The van der Waals surface area contributed by atoms with Gasteiger partial charge in [-0.15, -0.1) is 0 Å². The van der Waals surface area contributed by atoms with E-state index in [1.165, 1.54) is 83.5 Å². The Morgan fingerprint density at radius 1 is 0.667 bits per heavy atom. The molecule has 0 radical (unpaired) electrons. The number of aromatic nitrogens is 1. The minimum Gasteiger partial charge on any atom is -0.481 e. The first kappa shape index (κ1) is 29.5. The summed E-state index contributed by atoms with van der Waals surface area (Å²) in [5.74, 6) is -0.639. The van der Waals surface area contributed by atoms with E-state index in [0.29, 0.717) is 12.8 Å². The van der Waals surface area contributed by atoms with Gasteiger partial charge in [-0.2, -0.15) is 0 Å². The SMILES string of the molecule is CCCCCCCCCCCCCCCCCC(=O)c1c(CC)c(CC(=O)O)n(C)c1CC. The molecule has 0 spiro atoms. The van der Waals surface area contributed by atoms with Crippen LogP contribution in [0.1, 0.15) is 151 Å². The third kappa shape index (κ3) is 10.9. The summed E-state index contributed by atoms with van der Waals surface area (Å²) in [6.07, 6.45) is 21.8. The summed E-state index contributed by atoms with van der Waals surface area (Å²) in [5, 5.41) is 9.28. The van der Waals surface area contributed by atoms with Crippen molar-refractivity contribution >= 4 is 11.8 Å². The molecule has 1 aromatic rings. The van der Waals surface area contributed by atoms with Crippen LogP contribution in [0.25, 0.3) is 0 Å². The van der Waals surface area contributed by atoms with E-state index in [1.54, 1.807) is 0 Å². The maximum Gasteiger partial charge on any atom is 0.309 e. The molecule has 190 valence electrons. The molecule has 0 bridgehead atoms. The van der Waals surface area contributed by atoms with E-state index in [-0.39, 0.29) is 12.2 Å². The molecule has 0 aromatic carbocycles. The first-order valence-corrected chi connectivity index (χ1v) is 13.9. The summed E-state index contributed by atoms with van der Waals surface area (Å²) in [4.78, 5) is 24.3. The second-order valence-electron chi connectivity index (χ2n) is 9.71. The average molecular weight is 462 g/mol. The van der Waals surface area contributed by atoms with Crippen molar-refractivity contribution in [3.63, 3.8) is 0 Å². The van der Waals surface area contributed by atoms with Crippen LogP contribution in [0.3, 0.4) is 0 Å². The third-order valence-electron chi connectivity index (χ3n) is 7.04. The van der Waals surface area contributed by atoms with Gasteiger partial charge in [-0.3, -0.25) is 9.59 Å². The molecule has 0 saturated heterocycles. The van der Waals surface area contributed by atoms with Crippen molar-refractivity contribution < 1.29 is 14.7 Å². The summed E-state index contributed by atoms with van der Waals surface area (Å²) in [5.41, 5.74) is 3.54. The Morgan fingerprint density at radius 3 is 1.52 bits per heavy atom. The monoisotopic (exact) mass is 461 g/mol. The van der Waals surface area contributed by atoms with Crippen molar-refractivity contribution in [1.82, 2.24) is 4.57 Å². The highest BCUT2D eigenvalue weighted by Crippen LogP contribution is 2.26. The van der Waals surface area contributed by atoms with Gasteiger partial charge in [-0.05, 0) is 24.8 Å². The van der Waals surface area contributed by atoms with Gasteiger partial charge < -0.3 is 9.67 Å². The molecule has 4 nitrogen and oxygen atoms in total. The molecular weight excluding hydrogens is 410 g/mol. The van der Waals surface area contributed by atoms with Gasteiger partial charge in [0.05, 0.1) is 6.42 Å². The fourth-order valence-corrected chi connectivity index (χ4v) is 5.13. The number of carboxylic acid groups (broad SMARTS) is 1. The van der Waals surface area contributed by atoms with Crippen LogP contribution in [-0.4, -0.2) is 21.4 Å². The Morgan fingerprint density at radius 2 is 1.12 bits per heavy atom. The lowest BCUT2D eigenvalue weighted by Crippen LogP contribution is -2.08. The molecule has 0 saturated carbocycles. The van der Waals surface area contributed by atoms with Crippen molar-refractivity contribution in [2.45, 2.75) is 143 Å². The minimum atomic E-state index is -0.839. The zero-order chi connectivity index (χ0) is 24.5. The lowest BCUT2D eigenvalue weighted by molar-refractivity contribution is -0.136. The van der Waals surface area contributed by atoms with Crippen LogP contribution in [-0.2, 0) is 31.1 Å². The highest BCUT2D eigenvalue weighted by Gasteiger charge is 2.24. The van der Waals surface area contributed by atoms with Crippen LogP contribution in [0.5, 0.6) is 0 Å². The topological polar surface area (TPSA) is 59.3 Å². The van der Waals surface area contributed by atoms with E-state index in [1.807, 2.05) is 25.5 Å². The lowest BCUT2D eigenvalue weighted by atomic mass is 9.96. The van der Waals surface area contributed by atoms with Crippen LogP contribution in [0.15, 0.2) is 0 Å². The second-order valence-corrected chi connectivity index (χ2v) is 9.71. The van der Waals surface area contributed by atoms with Crippen LogP contribution >= 0.6 is 0 Å². The standard InChI is InChI=1S/C29H51NO3/c1-5-8-9-10-11-12-13-14-15-16-17-18-19-20-21-22-27(31)29-24(6-2)26(23-28(32)33)30(4)25(29)7-3/h5-23H2,1-4H3,(H,32,33). The van der Waals surface area contributed by atoms with Crippen LogP contribution in [0, 0.1) is 0 Å². The number of carbonyl (C=O) groups excluding carboxylic acids is 1. The second kappa shape index (κ2) is 17.8. The number of nitrogens with zero attached hydrogens (tertiary/aromatic N) is 1. The van der Waals surface area contributed by atoms with Crippen molar-refractivity contribution in [2.75, 3.05) is 0 Å². The van der Waals surface area contributed by atoms with Crippen molar-refractivity contribution in [2.24, 2.45) is 7.05 Å². The molecule has 0 aliphatic rings. The van der Waals surface area contributed by atoms with E-state index in [9.17, 15) is 14.7 Å². The van der Waals surface area contributed by atoms with Crippen molar-refractivity contribution in [3.8, 4) is 0 Å². The van der Waals surface area contributed by atoms with Gasteiger partial charge in [0.1, 0.15) is 0 Å². The van der Waals surface area contributed by atoms with Gasteiger partial charge in [0, 0.05) is 30.4 Å². The largest absolute Gasteiger partial charge is 0.481 e. The molecule has 4 heteroatoms. The molecule has 0 aliphatic heterocycles. The van der Waals surface area contributed by atoms with Gasteiger partial charge >= 0.3 is 5.97 Å². The van der Waals surface area contributed by atoms with E-state index < -0.39 is 5.97 Å². The number of hydrogen-bond donors (Lipinski definition) is 1. The molecule has 1 heterocycles. The quantitative estimate of drug-likeness (QED) is 0.148. The number of carboxylic acids is 1. The molecule has 1 aromatic heterocycles. The minimum absolute atomic E-state index is 0.0150. The first-order valence-electron chi connectivity index (χ1n) is 13.9. The van der Waals surface area contributed by atoms with E-state index in [4.69, 9.17) is 0 Å². The molecule has 1 rings (SSSR count). The van der Waals surface area contributed by atoms with Gasteiger partial charge in [-0.25, -0.2) is 0 Å². The van der Waals surface area contributed by atoms with Crippen LogP contribution < -0.4 is 0 Å². The fraction of sp³-hybridized carbons (Fsp3) is 0.793. The van der Waals surface area contributed by atoms with E-state index in [2.05, 4.69) is 6.92 Å². The molecule has 0 aliphatic carbocycles. The predicted molar refractivity (Wildman–Crippen MR) is 139 cm³/mol. The summed E-state index contributed by atoms with van der Waals surface area (Å²) in [6, 6.07) is 0. The Labute approximate surface area is 203 Å². The Hall–Kier alpha value is -1.58. The number of aliphatic carboxylic acids is 1. The van der Waals surface area contributed by atoms with Gasteiger partial charge in [-0.1, -0.05) is 111 Å². The molecule has 0 unspecified atom stereocenters. The lowest BCUT2D eigenvalue weighted by Gasteiger charge is -2.06. The first-order chi connectivity index (χ1) is 16.0. The van der Waals surface area contributed by atoms with Crippen molar-refractivity contribution in [1.29, 1.82) is 0 Å². The summed E-state index contributed by atoms with van der Waals surface area (Å²) in [7, 11) is 1.90.